The second-order valence-electron chi connectivity index (χ2n) is 5.51. The minimum absolute atomic E-state index is 0.227. The van der Waals surface area contributed by atoms with Gasteiger partial charge in [0, 0.05) is 32.1 Å². The summed E-state index contributed by atoms with van der Waals surface area (Å²) in [4.78, 5) is 6.37. The van der Waals surface area contributed by atoms with Crippen LogP contribution in [0.4, 0.5) is 5.82 Å². The molecule has 0 amide bonds. The molecule has 0 aliphatic carbocycles. The van der Waals surface area contributed by atoms with Gasteiger partial charge in [-0.1, -0.05) is 0 Å². The van der Waals surface area contributed by atoms with E-state index in [2.05, 4.69) is 15.2 Å². The Balaban J connectivity index is 1.74. The average molecular weight is 308 g/mol. The van der Waals surface area contributed by atoms with Gasteiger partial charge in [-0.15, -0.1) is 0 Å². The first-order valence-electron chi connectivity index (χ1n) is 6.96. The van der Waals surface area contributed by atoms with E-state index in [1.165, 1.54) is 6.26 Å². The number of anilines is 1. The molecule has 1 aromatic heterocycles. The maximum atomic E-state index is 11.2. The van der Waals surface area contributed by atoms with Gasteiger partial charge in [-0.05, 0) is 31.0 Å². The van der Waals surface area contributed by atoms with E-state index >= 15 is 0 Å². The molecule has 0 saturated carbocycles. The maximum absolute atomic E-state index is 11.2. The molecule has 2 rings (SSSR count). The summed E-state index contributed by atoms with van der Waals surface area (Å²) >= 11 is 0. The largest absolute Gasteiger partial charge is 0.370 e. The van der Waals surface area contributed by atoms with Gasteiger partial charge in [-0.25, -0.2) is 13.4 Å². The molecule has 1 aliphatic heterocycles. The molecule has 0 radical (unpaired) electrons. The third kappa shape index (κ3) is 5.33. The molecule has 6 nitrogen and oxygen atoms in total. The van der Waals surface area contributed by atoms with Crippen LogP contribution in [0.15, 0.2) is 18.3 Å². The second-order valence-corrected chi connectivity index (χ2v) is 7.77. The Morgan fingerprint density at radius 1 is 1.52 bits per heavy atom. The summed E-state index contributed by atoms with van der Waals surface area (Å²) < 4.78 is 22.3. The van der Waals surface area contributed by atoms with Crippen LogP contribution < -0.4 is 5.32 Å². The zero-order chi connectivity index (χ0) is 15.3. The molecule has 0 spiro atoms. The predicted molar refractivity (Wildman–Crippen MR) is 81.7 cm³/mol. The van der Waals surface area contributed by atoms with Gasteiger partial charge in [0.2, 0.25) is 0 Å². The zero-order valence-corrected chi connectivity index (χ0v) is 12.9. The van der Waals surface area contributed by atoms with Crippen molar-refractivity contribution in [2.75, 3.05) is 43.5 Å². The van der Waals surface area contributed by atoms with Crippen molar-refractivity contribution in [3.8, 4) is 6.07 Å². The van der Waals surface area contributed by atoms with Gasteiger partial charge >= 0.3 is 0 Å². The van der Waals surface area contributed by atoms with E-state index in [4.69, 9.17) is 5.26 Å². The Morgan fingerprint density at radius 3 is 2.95 bits per heavy atom. The normalized spacial score (nSPS) is 19.3. The van der Waals surface area contributed by atoms with Crippen LogP contribution in [0.2, 0.25) is 0 Å². The molecular formula is C14H20N4O2S. The Morgan fingerprint density at radius 2 is 2.33 bits per heavy atom. The van der Waals surface area contributed by atoms with Crippen molar-refractivity contribution < 1.29 is 8.42 Å². The average Bonchev–Trinajstić information content (AvgIpc) is 2.91. The quantitative estimate of drug-likeness (QED) is 0.834. The molecule has 7 heteroatoms. The first-order chi connectivity index (χ1) is 9.96. The summed E-state index contributed by atoms with van der Waals surface area (Å²) in [5, 5.41) is 12.0. The Bertz CT molecular complexity index is 607. The molecule has 1 fully saturated rings. The number of pyridine rings is 1. The molecule has 0 unspecified atom stereocenters. The molecule has 1 aliphatic rings. The van der Waals surface area contributed by atoms with E-state index in [1.807, 2.05) is 6.07 Å². The van der Waals surface area contributed by atoms with Crippen LogP contribution in [0.3, 0.4) is 0 Å². The van der Waals surface area contributed by atoms with Gasteiger partial charge in [0.15, 0.2) is 0 Å². The number of sulfone groups is 1. The molecule has 1 saturated heterocycles. The molecule has 1 N–H and O–H groups in total. The highest BCUT2D eigenvalue weighted by molar-refractivity contribution is 7.90. The van der Waals surface area contributed by atoms with Crippen LogP contribution in [0.1, 0.15) is 12.0 Å². The molecule has 0 bridgehead atoms. The number of aromatic nitrogens is 1. The standard InChI is InChI=1S/C14H20N4O2S/c1-21(19,20)7-6-18-5-4-13(11-18)10-17-14-3-2-12(8-15)9-16-14/h2-3,9,13H,4-7,10-11H2,1H3,(H,16,17)/t13-/m0/s1. The summed E-state index contributed by atoms with van der Waals surface area (Å²) in [5.41, 5.74) is 0.549. The Kier molecular flexibility index (Phi) is 5.15. The lowest BCUT2D eigenvalue weighted by Gasteiger charge is -2.15. The van der Waals surface area contributed by atoms with Crippen molar-refractivity contribution >= 4 is 15.7 Å². The minimum atomic E-state index is -2.88. The SMILES string of the molecule is CS(=O)(=O)CCN1CC[C@@H](CNc2ccc(C#N)cn2)C1. The van der Waals surface area contributed by atoms with Crippen molar-refractivity contribution in [2.24, 2.45) is 5.92 Å². The number of nitriles is 1. The van der Waals surface area contributed by atoms with Crippen molar-refractivity contribution in [3.63, 3.8) is 0 Å². The first-order valence-corrected chi connectivity index (χ1v) is 9.02. The summed E-state index contributed by atoms with van der Waals surface area (Å²) in [7, 11) is -2.88. The summed E-state index contributed by atoms with van der Waals surface area (Å²) in [6, 6.07) is 5.58. The summed E-state index contributed by atoms with van der Waals surface area (Å²) in [5.74, 6) is 1.50. The van der Waals surface area contributed by atoms with E-state index in [-0.39, 0.29) is 5.75 Å². The van der Waals surface area contributed by atoms with Gasteiger partial charge in [0.05, 0.1) is 11.3 Å². The number of hydrogen-bond donors (Lipinski definition) is 1. The molecule has 2 heterocycles. The van der Waals surface area contributed by atoms with Gasteiger partial charge in [-0.3, -0.25) is 0 Å². The monoisotopic (exact) mass is 308 g/mol. The van der Waals surface area contributed by atoms with Crippen molar-refractivity contribution in [1.29, 1.82) is 5.26 Å². The van der Waals surface area contributed by atoms with E-state index in [1.54, 1.807) is 18.3 Å². The summed E-state index contributed by atoms with van der Waals surface area (Å²) in [6.07, 6.45) is 3.89. The Hall–Kier alpha value is -1.65. The number of nitrogens with one attached hydrogen (secondary N) is 1. The van der Waals surface area contributed by atoms with Crippen molar-refractivity contribution in [3.05, 3.63) is 23.9 Å². The van der Waals surface area contributed by atoms with Gasteiger partial charge in [0.25, 0.3) is 0 Å². The molecule has 114 valence electrons. The molecular weight excluding hydrogens is 288 g/mol. The Labute approximate surface area is 125 Å². The highest BCUT2D eigenvalue weighted by Crippen LogP contribution is 2.16. The molecule has 21 heavy (non-hydrogen) atoms. The number of nitrogens with zero attached hydrogens (tertiary/aromatic N) is 3. The minimum Gasteiger partial charge on any atom is -0.370 e. The third-order valence-electron chi connectivity index (χ3n) is 3.61. The fourth-order valence-electron chi connectivity index (χ4n) is 2.39. The summed E-state index contributed by atoms with van der Waals surface area (Å²) in [6.45, 7) is 3.29. The second kappa shape index (κ2) is 6.87. The number of rotatable bonds is 6. The maximum Gasteiger partial charge on any atom is 0.148 e. The fraction of sp³-hybridized carbons (Fsp3) is 0.571. The predicted octanol–water partition coefficient (Wildman–Crippen LogP) is 0.732. The smallest absolute Gasteiger partial charge is 0.148 e. The molecule has 1 atom stereocenters. The van der Waals surface area contributed by atoms with Crippen LogP contribution in [-0.4, -0.2) is 56.5 Å². The lowest BCUT2D eigenvalue weighted by Crippen LogP contribution is -2.28. The van der Waals surface area contributed by atoms with Gasteiger partial charge in [0.1, 0.15) is 21.7 Å². The molecule has 1 aromatic rings. The van der Waals surface area contributed by atoms with Gasteiger partial charge in [-0.2, -0.15) is 5.26 Å². The fourth-order valence-corrected chi connectivity index (χ4v) is 2.98. The molecule has 0 aromatic carbocycles. The van der Waals surface area contributed by atoms with Crippen LogP contribution in [0.25, 0.3) is 0 Å². The number of likely N-dealkylation sites (tertiary alicyclic amines) is 1. The van der Waals surface area contributed by atoms with Crippen LogP contribution in [0.5, 0.6) is 0 Å². The third-order valence-corrected chi connectivity index (χ3v) is 4.54. The lowest BCUT2D eigenvalue weighted by atomic mass is 10.1. The zero-order valence-electron chi connectivity index (χ0n) is 12.1. The highest BCUT2D eigenvalue weighted by atomic mass is 32.2. The van der Waals surface area contributed by atoms with Crippen molar-refractivity contribution in [2.45, 2.75) is 6.42 Å². The highest BCUT2D eigenvalue weighted by Gasteiger charge is 2.22. The first kappa shape index (κ1) is 15.7. The topological polar surface area (TPSA) is 86.1 Å². The van der Waals surface area contributed by atoms with E-state index in [9.17, 15) is 8.42 Å². The van der Waals surface area contributed by atoms with Crippen LogP contribution in [-0.2, 0) is 9.84 Å². The van der Waals surface area contributed by atoms with Crippen LogP contribution >= 0.6 is 0 Å². The van der Waals surface area contributed by atoms with Crippen LogP contribution in [0, 0.1) is 17.2 Å². The number of hydrogen-bond acceptors (Lipinski definition) is 6. The van der Waals surface area contributed by atoms with Gasteiger partial charge < -0.3 is 10.2 Å². The lowest BCUT2D eigenvalue weighted by molar-refractivity contribution is 0.345. The van der Waals surface area contributed by atoms with E-state index < -0.39 is 9.84 Å². The van der Waals surface area contributed by atoms with E-state index in [0.717, 1.165) is 31.9 Å². The van der Waals surface area contributed by atoms with Crippen molar-refractivity contribution in [1.82, 2.24) is 9.88 Å². The van der Waals surface area contributed by atoms with E-state index in [0.29, 0.717) is 18.0 Å².